The molecule has 4 heterocycles. The van der Waals surface area contributed by atoms with Gasteiger partial charge in [-0.3, -0.25) is 4.79 Å². The molecule has 1 amide bonds. The van der Waals surface area contributed by atoms with E-state index in [0.717, 1.165) is 41.9 Å². The largest absolute Gasteiger partial charge is 0.491 e. The van der Waals surface area contributed by atoms with E-state index in [-0.39, 0.29) is 18.1 Å². The lowest BCUT2D eigenvalue weighted by molar-refractivity contribution is 0.00549. The first-order valence-corrected chi connectivity index (χ1v) is 11.3. The Hall–Kier alpha value is -3.72. The number of nitrogens with zero attached hydrogens (tertiary/aromatic N) is 3. The SMILES string of the molecule is COc1ncc(-c2cccc3c2C[C@H](NC(=O)c2ccc(OC4CCCOC4)nc2)CO3)cn1. The van der Waals surface area contributed by atoms with Crippen LogP contribution in [-0.4, -0.2) is 59.9 Å². The molecule has 176 valence electrons. The minimum atomic E-state index is -0.206. The van der Waals surface area contributed by atoms with Crippen LogP contribution in [0.3, 0.4) is 0 Å². The van der Waals surface area contributed by atoms with Gasteiger partial charge in [-0.1, -0.05) is 12.1 Å². The van der Waals surface area contributed by atoms with Gasteiger partial charge in [-0.25, -0.2) is 15.0 Å². The van der Waals surface area contributed by atoms with Crippen LogP contribution < -0.4 is 19.5 Å². The molecule has 1 fully saturated rings. The molecule has 0 bridgehead atoms. The third-order valence-electron chi connectivity index (χ3n) is 5.88. The van der Waals surface area contributed by atoms with Gasteiger partial charge in [0.05, 0.1) is 25.3 Å². The molecule has 3 aromatic rings. The molecule has 9 nitrogen and oxygen atoms in total. The van der Waals surface area contributed by atoms with E-state index in [2.05, 4.69) is 20.3 Å². The zero-order chi connectivity index (χ0) is 23.3. The molecular weight excluding hydrogens is 436 g/mol. The fraction of sp³-hybridized carbons (Fsp3) is 0.360. The molecular formula is C25H26N4O5. The molecule has 34 heavy (non-hydrogen) atoms. The third-order valence-corrected chi connectivity index (χ3v) is 5.88. The highest BCUT2D eigenvalue weighted by atomic mass is 16.5. The smallest absolute Gasteiger partial charge is 0.316 e. The summed E-state index contributed by atoms with van der Waals surface area (Å²) in [5.74, 6) is 1.09. The average molecular weight is 463 g/mol. The van der Waals surface area contributed by atoms with Gasteiger partial charge in [0.25, 0.3) is 5.91 Å². The van der Waals surface area contributed by atoms with Crippen molar-refractivity contribution in [3.63, 3.8) is 0 Å². The third kappa shape index (κ3) is 4.94. The van der Waals surface area contributed by atoms with Crippen molar-refractivity contribution in [1.82, 2.24) is 20.3 Å². The van der Waals surface area contributed by atoms with Gasteiger partial charge in [0.1, 0.15) is 18.5 Å². The van der Waals surface area contributed by atoms with Crippen molar-refractivity contribution in [2.75, 3.05) is 26.9 Å². The Morgan fingerprint density at radius 3 is 2.71 bits per heavy atom. The Kier molecular flexibility index (Phi) is 6.53. The molecule has 2 aromatic heterocycles. The van der Waals surface area contributed by atoms with Gasteiger partial charge in [-0.15, -0.1) is 0 Å². The summed E-state index contributed by atoms with van der Waals surface area (Å²) in [6.45, 7) is 1.73. The van der Waals surface area contributed by atoms with Crippen molar-refractivity contribution in [1.29, 1.82) is 0 Å². The van der Waals surface area contributed by atoms with Crippen molar-refractivity contribution in [3.05, 3.63) is 60.0 Å². The lowest BCUT2D eigenvalue weighted by atomic mass is 9.94. The van der Waals surface area contributed by atoms with Crippen LogP contribution in [0.5, 0.6) is 17.6 Å². The van der Waals surface area contributed by atoms with Crippen LogP contribution in [0.2, 0.25) is 0 Å². The van der Waals surface area contributed by atoms with E-state index in [1.807, 2.05) is 18.2 Å². The number of pyridine rings is 1. The Morgan fingerprint density at radius 2 is 1.97 bits per heavy atom. The standard InChI is InChI=1S/C25H26N4O5/c1-31-25-27-12-17(13-28-25)20-5-2-6-22-21(20)10-18(14-33-22)29-24(30)16-7-8-23(26-11-16)34-19-4-3-9-32-15-19/h2,5-8,11-13,18-19H,3-4,9-10,14-15H2,1H3,(H,29,30)/t18-,19?/m0/s1. The van der Waals surface area contributed by atoms with Crippen molar-refractivity contribution in [2.45, 2.75) is 31.4 Å². The monoisotopic (exact) mass is 462 g/mol. The number of nitrogens with one attached hydrogen (secondary N) is 1. The molecule has 0 radical (unpaired) electrons. The number of methoxy groups -OCH3 is 1. The molecule has 2 aliphatic rings. The van der Waals surface area contributed by atoms with Crippen molar-refractivity contribution < 1.29 is 23.7 Å². The van der Waals surface area contributed by atoms with Crippen LogP contribution in [0, 0.1) is 0 Å². The van der Waals surface area contributed by atoms with Gasteiger partial charge in [0.15, 0.2) is 0 Å². The summed E-state index contributed by atoms with van der Waals surface area (Å²) >= 11 is 0. The maximum Gasteiger partial charge on any atom is 0.316 e. The van der Waals surface area contributed by atoms with Gasteiger partial charge in [-0.05, 0) is 30.5 Å². The summed E-state index contributed by atoms with van der Waals surface area (Å²) in [5.41, 5.74) is 3.30. The number of carbonyl (C=O) groups is 1. The quantitative estimate of drug-likeness (QED) is 0.596. The number of hydrogen-bond acceptors (Lipinski definition) is 8. The fourth-order valence-corrected chi connectivity index (χ4v) is 4.16. The van der Waals surface area contributed by atoms with Gasteiger partial charge >= 0.3 is 6.01 Å². The van der Waals surface area contributed by atoms with Gasteiger partial charge in [0, 0.05) is 48.8 Å². The summed E-state index contributed by atoms with van der Waals surface area (Å²) < 4.78 is 22.3. The molecule has 2 aliphatic heterocycles. The molecule has 9 heteroatoms. The minimum Gasteiger partial charge on any atom is -0.491 e. The van der Waals surface area contributed by atoms with E-state index < -0.39 is 0 Å². The molecule has 1 saturated heterocycles. The molecule has 1 aromatic carbocycles. The summed E-state index contributed by atoms with van der Waals surface area (Å²) in [6, 6.07) is 9.43. The van der Waals surface area contributed by atoms with E-state index in [1.165, 1.54) is 13.3 Å². The first-order chi connectivity index (χ1) is 16.7. The van der Waals surface area contributed by atoms with E-state index in [9.17, 15) is 4.79 Å². The van der Waals surface area contributed by atoms with Crippen molar-refractivity contribution in [2.24, 2.45) is 0 Å². The van der Waals surface area contributed by atoms with Crippen LogP contribution >= 0.6 is 0 Å². The second kappa shape index (κ2) is 10.0. The molecule has 0 spiro atoms. The number of hydrogen-bond donors (Lipinski definition) is 1. The highest BCUT2D eigenvalue weighted by Crippen LogP contribution is 2.34. The first kappa shape index (κ1) is 22.1. The Labute approximate surface area is 197 Å². The van der Waals surface area contributed by atoms with E-state index in [0.29, 0.717) is 37.1 Å². The van der Waals surface area contributed by atoms with Crippen LogP contribution in [-0.2, 0) is 11.2 Å². The second-order valence-corrected chi connectivity index (χ2v) is 8.27. The van der Waals surface area contributed by atoms with E-state index in [4.69, 9.17) is 18.9 Å². The summed E-state index contributed by atoms with van der Waals surface area (Å²) in [7, 11) is 1.53. The fourth-order valence-electron chi connectivity index (χ4n) is 4.16. The van der Waals surface area contributed by atoms with E-state index >= 15 is 0 Å². The van der Waals surface area contributed by atoms with Crippen molar-refractivity contribution in [3.8, 4) is 28.8 Å². The van der Waals surface area contributed by atoms with Crippen molar-refractivity contribution >= 4 is 5.91 Å². The molecule has 1 N–H and O–H groups in total. The minimum absolute atomic E-state index is 0.00526. The first-order valence-electron chi connectivity index (χ1n) is 11.3. The normalized spacial score (nSPS) is 19.4. The van der Waals surface area contributed by atoms with Gasteiger partial charge < -0.3 is 24.3 Å². The molecule has 5 rings (SSSR count). The molecule has 2 atom stereocenters. The number of carbonyl (C=O) groups excluding carboxylic acids is 1. The molecule has 1 unspecified atom stereocenters. The zero-order valence-corrected chi connectivity index (χ0v) is 18.9. The lowest BCUT2D eigenvalue weighted by Crippen LogP contribution is -2.42. The Balaban J connectivity index is 1.25. The predicted octanol–water partition coefficient (Wildman–Crippen LogP) is 2.84. The molecule has 0 saturated carbocycles. The lowest BCUT2D eigenvalue weighted by Gasteiger charge is -2.28. The average Bonchev–Trinajstić information content (AvgIpc) is 2.89. The highest BCUT2D eigenvalue weighted by molar-refractivity contribution is 5.94. The number of fused-ring (bicyclic) bond motifs is 1. The van der Waals surface area contributed by atoms with Gasteiger partial charge in [-0.2, -0.15) is 0 Å². The van der Waals surface area contributed by atoms with Gasteiger partial charge in [0.2, 0.25) is 5.88 Å². The number of ether oxygens (including phenoxy) is 4. The predicted molar refractivity (Wildman–Crippen MR) is 123 cm³/mol. The Bertz CT molecular complexity index is 1130. The maximum absolute atomic E-state index is 12.9. The molecule has 0 aliphatic carbocycles. The highest BCUT2D eigenvalue weighted by Gasteiger charge is 2.25. The summed E-state index contributed by atoms with van der Waals surface area (Å²) in [4.78, 5) is 25.6. The van der Waals surface area contributed by atoms with E-state index in [1.54, 1.807) is 24.5 Å². The summed E-state index contributed by atoms with van der Waals surface area (Å²) in [5, 5.41) is 3.06. The van der Waals surface area contributed by atoms with Crippen LogP contribution in [0.25, 0.3) is 11.1 Å². The van der Waals surface area contributed by atoms with Crippen LogP contribution in [0.4, 0.5) is 0 Å². The zero-order valence-electron chi connectivity index (χ0n) is 18.9. The maximum atomic E-state index is 12.9. The summed E-state index contributed by atoms with van der Waals surface area (Å²) in [6.07, 6.45) is 7.52. The number of aromatic nitrogens is 3. The number of amides is 1. The Morgan fingerprint density at radius 1 is 1.09 bits per heavy atom. The second-order valence-electron chi connectivity index (χ2n) is 8.27. The van der Waals surface area contributed by atoms with Crippen LogP contribution in [0.1, 0.15) is 28.8 Å². The number of benzene rings is 1. The van der Waals surface area contributed by atoms with Crippen LogP contribution in [0.15, 0.2) is 48.9 Å². The number of rotatable bonds is 6. The topological polar surface area (TPSA) is 105 Å².